The molecule has 0 heterocycles. The van der Waals surface area contributed by atoms with Crippen LogP contribution in [-0.2, 0) is 16.0 Å². The normalized spacial score (nSPS) is 10.0. The number of nitrogens with one attached hydrogen (secondary N) is 1. The molecule has 0 bridgehead atoms. The van der Waals surface area contributed by atoms with Crippen molar-refractivity contribution in [2.75, 3.05) is 19.8 Å². The van der Waals surface area contributed by atoms with Gasteiger partial charge in [0.25, 0.3) is 5.91 Å². The van der Waals surface area contributed by atoms with Gasteiger partial charge in [0, 0.05) is 6.54 Å². The SMILES string of the molecule is CCOc1ccccc1C(=O)OCC(=O)NCCc1ccccc1. The first-order valence-corrected chi connectivity index (χ1v) is 7.90. The Labute approximate surface area is 141 Å². The van der Waals surface area contributed by atoms with Gasteiger partial charge in [-0.2, -0.15) is 0 Å². The van der Waals surface area contributed by atoms with Crippen molar-refractivity contribution in [1.82, 2.24) is 5.32 Å². The molecular formula is C19H21NO4. The van der Waals surface area contributed by atoms with Gasteiger partial charge in [-0.1, -0.05) is 42.5 Å². The number of amides is 1. The third-order valence-electron chi connectivity index (χ3n) is 3.32. The maximum atomic E-state index is 12.1. The van der Waals surface area contributed by atoms with E-state index in [0.29, 0.717) is 24.5 Å². The van der Waals surface area contributed by atoms with Gasteiger partial charge in [0.1, 0.15) is 11.3 Å². The van der Waals surface area contributed by atoms with E-state index in [1.54, 1.807) is 24.3 Å². The number of ether oxygens (including phenoxy) is 2. The molecule has 2 aromatic carbocycles. The standard InChI is InChI=1S/C19H21NO4/c1-2-23-17-11-7-6-10-16(17)19(22)24-14-18(21)20-13-12-15-8-4-3-5-9-15/h3-11H,2,12-14H2,1H3,(H,20,21). The topological polar surface area (TPSA) is 64.6 Å². The molecular weight excluding hydrogens is 306 g/mol. The highest BCUT2D eigenvalue weighted by molar-refractivity contribution is 5.93. The van der Waals surface area contributed by atoms with E-state index >= 15 is 0 Å². The van der Waals surface area contributed by atoms with Crippen LogP contribution >= 0.6 is 0 Å². The Balaban J connectivity index is 1.76. The zero-order valence-electron chi connectivity index (χ0n) is 13.7. The van der Waals surface area contributed by atoms with Crippen LogP contribution in [0.25, 0.3) is 0 Å². The van der Waals surface area contributed by atoms with Crippen LogP contribution in [0.2, 0.25) is 0 Å². The summed E-state index contributed by atoms with van der Waals surface area (Å²) in [6.07, 6.45) is 0.730. The Morgan fingerprint density at radius 3 is 2.46 bits per heavy atom. The molecule has 0 aliphatic heterocycles. The summed E-state index contributed by atoms with van der Waals surface area (Å²) in [4.78, 5) is 23.8. The van der Waals surface area contributed by atoms with Gasteiger partial charge >= 0.3 is 5.97 Å². The molecule has 5 heteroatoms. The van der Waals surface area contributed by atoms with Crippen LogP contribution in [0, 0.1) is 0 Å². The molecule has 126 valence electrons. The average Bonchev–Trinajstić information content (AvgIpc) is 2.61. The molecule has 2 aromatic rings. The van der Waals surface area contributed by atoms with E-state index in [0.717, 1.165) is 12.0 Å². The van der Waals surface area contributed by atoms with Crippen LogP contribution in [0.15, 0.2) is 54.6 Å². The molecule has 0 unspecified atom stereocenters. The molecule has 1 N–H and O–H groups in total. The van der Waals surface area contributed by atoms with Gasteiger partial charge in [0.15, 0.2) is 6.61 Å². The minimum absolute atomic E-state index is 0.311. The van der Waals surface area contributed by atoms with Crippen LogP contribution in [0.1, 0.15) is 22.8 Å². The Hall–Kier alpha value is -2.82. The van der Waals surface area contributed by atoms with Crippen LogP contribution < -0.4 is 10.1 Å². The molecule has 1 amide bonds. The number of hydrogen-bond acceptors (Lipinski definition) is 4. The highest BCUT2D eigenvalue weighted by Crippen LogP contribution is 2.18. The number of benzene rings is 2. The maximum absolute atomic E-state index is 12.1. The lowest BCUT2D eigenvalue weighted by molar-refractivity contribution is -0.124. The lowest BCUT2D eigenvalue weighted by atomic mass is 10.1. The number of para-hydroxylation sites is 1. The average molecular weight is 327 g/mol. The second-order valence-electron chi connectivity index (χ2n) is 5.09. The first kappa shape index (κ1) is 17.5. The second-order valence-corrected chi connectivity index (χ2v) is 5.09. The van der Waals surface area contributed by atoms with Gasteiger partial charge in [-0.05, 0) is 31.0 Å². The molecule has 0 aliphatic rings. The summed E-state index contributed by atoms with van der Waals surface area (Å²) in [5, 5.41) is 2.73. The largest absolute Gasteiger partial charge is 0.493 e. The minimum Gasteiger partial charge on any atom is -0.493 e. The molecule has 0 saturated carbocycles. The molecule has 0 fully saturated rings. The van der Waals surface area contributed by atoms with Gasteiger partial charge in [-0.25, -0.2) is 4.79 Å². The summed E-state index contributed by atoms with van der Waals surface area (Å²) in [6.45, 7) is 2.47. The van der Waals surface area contributed by atoms with Crippen molar-refractivity contribution in [2.45, 2.75) is 13.3 Å². The van der Waals surface area contributed by atoms with Crippen LogP contribution in [0.3, 0.4) is 0 Å². The zero-order chi connectivity index (χ0) is 17.2. The van der Waals surface area contributed by atoms with Gasteiger partial charge in [0.2, 0.25) is 0 Å². The molecule has 0 atom stereocenters. The maximum Gasteiger partial charge on any atom is 0.342 e. The van der Waals surface area contributed by atoms with Gasteiger partial charge in [0.05, 0.1) is 6.61 Å². The molecule has 0 saturated heterocycles. The Kier molecular flexibility index (Phi) is 6.83. The molecule has 0 radical (unpaired) electrons. The Morgan fingerprint density at radius 2 is 1.71 bits per heavy atom. The number of carbonyl (C=O) groups is 2. The fraction of sp³-hybridized carbons (Fsp3) is 0.263. The van der Waals surface area contributed by atoms with E-state index in [9.17, 15) is 9.59 Å². The monoisotopic (exact) mass is 327 g/mol. The van der Waals surface area contributed by atoms with Crippen LogP contribution in [-0.4, -0.2) is 31.6 Å². The fourth-order valence-electron chi connectivity index (χ4n) is 2.17. The van der Waals surface area contributed by atoms with Gasteiger partial charge in [-0.3, -0.25) is 4.79 Å². The summed E-state index contributed by atoms with van der Waals surface area (Å²) >= 11 is 0. The smallest absolute Gasteiger partial charge is 0.342 e. The number of hydrogen-bond donors (Lipinski definition) is 1. The molecule has 5 nitrogen and oxygen atoms in total. The van der Waals surface area contributed by atoms with Crippen molar-refractivity contribution in [1.29, 1.82) is 0 Å². The predicted molar refractivity (Wildman–Crippen MR) is 91.0 cm³/mol. The van der Waals surface area contributed by atoms with Crippen molar-refractivity contribution in [3.63, 3.8) is 0 Å². The highest BCUT2D eigenvalue weighted by Gasteiger charge is 2.14. The first-order valence-electron chi connectivity index (χ1n) is 7.90. The minimum atomic E-state index is -0.572. The van der Waals surface area contributed by atoms with E-state index in [4.69, 9.17) is 9.47 Å². The van der Waals surface area contributed by atoms with E-state index in [1.807, 2.05) is 37.3 Å². The van der Waals surface area contributed by atoms with E-state index in [2.05, 4.69) is 5.32 Å². The second kappa shape index (κ2) is 9.35. The summed E-state index contributed by atoms with van der Waals surface area (Å²) in [5.74, 6) is -0.445. The third-order valence-corrected chi connectivity index (χ3v) is 3.32. The Morgan fingerprint density at radius 1 is 1.00 bits per heavy atom. The van der Waals surface area contributed by atoms with Gasteiger partial charge < -0.3 is 14.8 Å². The van der Waals surface area contributed by atoms with Crippen LogP contribution in [0.5, 0.6) is 5.75 Å². The molecule has 0 aliphatic carbocycles. The lowest BCUT2D eigenvalue weighted by Crippen LogP contribution is -2.30. The highest BCUT2D eigenvalue weighted by atomic mass is 16.5. The van der Waals surface area contributed by atoms with E-state index < -0.39 is 5.97 Å². The number of rotatable bonds is 8. The Bertz CT molecular complexity index is 670. The predicted octanol–water partition coefficient (Wildman–Crippen LogP) is 2.60. The fourth-order valence-corrected chi connectivity index (χ4v) is 2.17. The zero-order valence-corrected chi connectivity index (χ0v) is 13.7. The quantitative estimate of drug-likeness (QED) is 0.757. The first-order chi connectivity index (χ1) is 11.7. The van der Waals surface area contributed by atoms with Crippen molar-refractivity contribution in [2.24, 2.45) is 0 Å². The summed E-state index contributed by atoms with van der Waals surface area (Å²) in [7, 11) is 0. The summed E-state index contributed by atoms with van der Waals surface area (Å²) < 4.78 is 10.4. The van der Waals surface area contributed by atoms with Crippen LogP contribution in [0.4, 0.5) is 0 Å². The molecule has 2 rings (SSSR count). The third kappa shape index (κ3) is 5.43. The number of carbonyl (C=O) groups excluding carboxylic acids is 2. The van der Waals surface area contributed by atoms with Crippen molar-refractivity contribution in [3.8, 4) is 5.75 Å². The number of esters is 1. The van der Waals surface area contributed by atoms with E-state index in [-0.39, 0.29) is 12.5 Å². The molecule has 0 spiro atoms. The lowest BCUT2D eigenvalue weighted by Gasteiger charge is -2.10. The van der Waals surface area contributed by atoms with E-state index in [1.165, 1.54) is 0 Å². The van der Waals surface area contributed by atoms with Crippen molar-refractivity contribution in [3.05, 3.63) is 65.7 Å². The molecule has 0 aromatic heterocycles. The van der Waals surface area contributed by atoms with Crippen molar-refractivity contribution < 1.29 is 19.1 Å². The van der Waals surface area contributed by atoms with Crippen molar-refractivity contribution >= 4 is 11.9 Å². The summed E-state index contributed by atoms with van der Waals surface area (Å²) in [5.41, 5.74) is 1.46. The molecule has 24 heavy (non-hydrogen) atoms. The van der Waals surface area contributed by atoms with Gasteiger partial charge in [-0.15, -0.1) is 0 Å². The summed E-state index contributed by atoms with van der Waals surface area (Å²) in [6, 6.07) is 16.6.